The minimum absolute atomic E-state index is 0.0740. The summed E-state index contributed by atoms with van der Waals surface area (Å²) >= 11 is 3.26. The van der Waals surface area contributed by atoms with Crippen molar-refractivity contribution in [3.63, 3.8) is 0 Å². The smallest absolute Gasteiger partial charge is 0.241 e. The standard InChI is InChI=1S/C14H20BrNO3S/c1-14(6-2-3-7-14)10-16-20(18,19)13-5-4-11(9-17)8-12(13)15/h4-5,8,16-17H,2-3,6-7,9-10H2,1H3. The first-order chi connectivity index (χ1) is 9.36. The first-order valence-corrected chi connectivity index (χ1v) is 9.03. The Morgan fingerprint density at radius 1 is 1.35 bits per heavy atom. The second kappa shape index (κ2) is 6.13. The van der Waals surface area contributed by atoms with Gasteiger partial charge in [-0.3, -0.25) is 0 Å². The molecule has 0 unspecified atom stereocenters. The first-order valence-electron chi connectivity index (χ1n) is 6.75. The van der Waals surface area contributed by atoms with E-state index in [4.69, 9.17) is 5.11 Å². The maximum absolute atomic E-state index is 12.3. The summed E-state index contributed by atoms with van der Waals surface area (Å²) in [4.78, 5) is 0.219. The second-order valence-electron chi connectivity index (χ2n) is 5.77. The van der Waals surface area contributed by atoms with E-state index in [0.29, 0.717) is 16.6 Å². The normalized spacial score (nSPS) is 18.4. The zero-order valence-electron chi connectivity index (χ0n) is 11.5. The third-order valence-electron chi connectivity index (χ3n) is 3.97. The lowest BCUT2D eigenvalue weighted by Gasteiger charge is -2.23. The number of halogens is 1. The van der Waals surface area contributed by atoms with Crippen molar-refractivity contribution in [2.24, 2.45) is 5.41 Å². The van der Waals surface area contributed by atoms with Gasteiger partial charge in [0.2, 0.25) is 10.0 Å². The van der Waals surface area contributed by atoms with E-state index in [-0.39, 0.29) is 16.9 Å². The Labute approximate surface area is 128 Å². The van der Waals surface area contributed by atoms with Gasteiger partial charge >= 0.3 is 0 Å². The van der Waals surface area contributed by atoms with Crippen LogP contribution in [0.4, 0.5) is 0 Å². The van der Waals surface area contributed by atoms with E-state index in [1.165, 1.54) is 18.9 Å². The molecule has 0 saturated heterocycles. The van der Waals surface area contributed by atoms with Gasteiger partial charge in [0, 0.05) is 11.0 Å². The number of sulfonamides is 1. The molecule has 0 bridgehead atoms. The topological polar surface area (TPSA) is 66.4 Å². The van der Waals surface area contributed by atoms with Crippen LogP contribution in [0, 0.1) is 5.41 Å². The molecule has 0 aromatic heterocycles. The molecule has 1 saturated carbocycles. The zero-order chi connectivity index (χ0) is 14.8. The van der Waals surface area contributed by atoms with E-state index < -0.39 is 10.0 Å². The average molecular weight is 362 g/mol. The highest BCUT2D eigenvalue weighted by atomic mass is 79.9. The predicted octanol–water partition coefficient (Wildman–Crippen LogP) is 2.80. The maximum Gasteiger partial charge on any atom is 0.241 e. The lowest BCUT2D eigenvalue weighted by Crippen LogP contribution is -2.34. The van der Waals surface area contributed by atoms with Crippen LogP contribution >= 0.6 is 15.9 Å². The second-order valence-corrected chi connectivity index (χ2v) is 8.35. The summed E-state index contributed by atoms with van der Waals surface area (Å²) in [5.74, 6) is 0. The predicted molar refractivity (Wildman–Crippen MR) is 81.8 cm³/mol. The van der Waals surface area contributed by atoms with E-state index in [2.05, 4.69) is 27.6 Å². The molecule has 1 aliphatic rings. The van der Waals surface area contributed by atoms with Gasteiger partial charge in [0.1, 0.15) is 0 Å². The number of rotatable bonds is 5. The van der Waals surface area contributed by atoms with Crippen molar-refractivity contribution in [2.75, 3.05) is 6.54 Å². The molecule has 6 heteroatoms. The van der Waals surface area contributed by atoms with Crippen LogP contribution < -0.4 is 4.72 Å². The third-order valence-corrected chi connectivity index (χ3v) is 6.35. The monoisotopic (exact) mass is 361 g/mol. The van der Waals surface area contributed by atoms with Gasteiger partial charge < -0.3 is 5.11 Å². The average Bonchev–Trinajstić information content (AvgIpc) is 2.84. The molecule has 20 heavy (non-hydrogen) atoms. The lowest BCUT2D eigenvalue weighted by atomic mass is 9.89. The highest BCUT2D eigenvalue weighted by molar-refractivity contribution is 9.10. The minimum atomic E-state index is -3.52. The molecule has 1 fully saturated rings. The summed E-state index contributed by atoms with van der Waals surface area (Å²) in [6, 6.07) is 4.78. The van der Waals surface area contributed by atoms with Crippen LogP contribution in [0.3, 0.4) is 0 Å². The van der Waals surface area contributed by atoms with E-state index in [1.54, 1.807) is 12.1 Å². The van der Waals surface area contributed by atoms with Crippen molar-refractivity contribution < 1.29 is 13.5 Å². The van der Waals surface area contributed by atoms with Crippen LogP contribution in [0.15, 0.2) is 27.6 Å². The Kier molecular flexibility index (Phi) is 4.89. The number of benzene rings is 1. The van der Waals surface area contributed by atoms with Crippen molar-refractivity contribution in [1.29, 1.82) is 0 Å². The molecule has 4 nitrogen and oxygen atoms in total. The fraction of sp³-hybridized carbons (Fsp3) is 0.571. The van der Waals surface area contributed by atoms with Gasteiger partial charge in [-0.15, -0.1) is 0 Å². The molecule has 0 spiro atoms. The number of hydrogen-bond donors (Lipinski definition) is 2. The van der Waals surface area contributed by atoms with Gasteiger partial charge in [0.15, 0.2) is 0 Å². The van der Waals surface area contributed by atoms with Gasteiger partial charge in [-0.1, -0.05) is 25.8 Å². The highest BCUT2D eigenvalue weighted by Gasteiger charge is 2.30. The molecule has 0 heterocycles. The summed E-state index contributed by atoms with van der Waals surface area (Å²) in [6.45, 7) is 2.50. The molecular formula is C14H20BrNO3S. The minimum Gasteiger partial charge on any atom is -0.392 e. The molecular weight excluding hydrogens is 342 g/mol. The molecule has 0 aliphatic heterocycles. The fourth-order valence-corrected chi connectivity index (χ4v) is 4.94. The van der Waals surface area contributed by atoms with E-state index in [9.17, 15) is 8.42 Å². The molecule has 1 aromatic carbocycles. The van der Waals surface area contributed by atoms with Gasteiger partial charge in [-0.05, 0) is 51.9 Å². The largest absolute Gasteiger partial charge is 0.392 e. The molecule has 0 amide bonds. The van der Waals surface area contributed by atoms with Crippen molar-refractivity contribution >= 4 is 26.0 Å². The summed E-state index contributed by atoms with van der Waals surface area (Å²) < 4.78 is 27.9. The van der Waals surface area contributed by atoms with Crippen molar-refractivity contribution in [3.8, 4) is 0 Å². The number of aliphatic hydroxyl groups excluding tert-OH is 1. The van der Waals surface area contributed by atoms with Gasteiger partial charge in [0.25, 0.3) is 0 Å². The van der Waals surface area contributed by atoms with E-state index in [0.717, 1.165) is 12.8 Å². The number of hydrogen-bond acceptors (Lipinski definition) is 3. The van der Waals surface area contributed by atoms with Crippen LogP contribution in [0.1, 0.15) is 38.2 Å². The molecule has 2 rings (SSSR count). The van der Waals surface area contributed by atoms with Crippen molar-refractivity contribution in [2.45, 2.75) is 44.1 Å². The van der Waals surface area contributed by atoms with Crippen molar-refractivity contribution in [1.82, 2.24) is 4.72 Å². The molecule has 1 aromatic rings. The summed E-state index contributed by atoms with van der Waals surface area (Å²) in [5.41, 5.74) is 0.753. The number of nitrogens with one attached hydrogen (secondary N) is 1. The Hall–Kier alpha value is -0.430. The fourth-order valence-electron chi connectivity index (χ4n) is 2.61. The summed E-state index contributed by atoms with van der Waals surface area (Å²) in [6.07, 6.45) is 4.49. The molecule has 0 radical (unpaired) electrons. The Morgan fingerprint density at radius 2 is 2.00 bits per heavy atom. The van der Waals surface area contributed by atoms with E-state index in [1.807, 2.05) is 0 Å². The van der Waals surface area contributed by atoms with Crippen molar-refractivity contribution in [3.05, 3.63) is 28.2 Å². The molecule has 112 valence electrons. The first kappa shape index (κ1) is 15.9. The number of aliphatic hydroxyl groups is 1. The molecule has 2 N–H and O–H groups in total. The van der Waals surface area contributed by atoms with Crippen LogP contribution in [-0.4, -0.2) is 20.1 Å². The molecule has 0 atom stereocenters. The third kappa shape index (κ3) is 3.61. The Morgan fingerprint density at radius 3 is 2.55 bits per heavy atom. The maximum atomic E-state index is 12.3. The summed E-state index contributed by atoms with van der Waals surface area (Å²) in [7, 11) is -3.52. The van der Waals surface area contributed by atoms with Gasteiger partial charge in [-0.25, -0.2) is 13.1 Å². The van der Waals surface area contributed by atoms with Crippen LogP contribution in [0.2, 0.25) is 0 Å². The Balaban J connectivity index is 2.14. The quantitative estimate of drug-likeness (QED) is 0.847. The van der Waals surface area contributed by atoms with Crippen LogP contribution in [0.25, 0.3) is 0 Å². The molecule has 1 aliphatic carbocycles. The van der Waals surface area contributed by atoms with Crippen LogP contribution in [-0.2, 0) is 16.6 Å². The Bertz CT molecular complexity index is 580. The van der Waals surface area contributed by atoms with Gasteiger partial charge in [0.05, 0.1) is 11.5 Å². The summed E-state index contributed by atoms with van der Waals surface area (Å²) in [5, 5.41) is 9.05. The SMILES string of the molecule is CC1(CNS(=O)(=O)c2ccc(CO)cc2Br)CCCC1. The highest BCUT2D eigenvalue weighted by Crippen LogP contribution is 2.37. The lowest BCUT2D eigenvalue weighted by molar-refractivity contribution is 0.281. The van der Waals surface area contributed by atoms with E-state index >= 15 is 0 Å². The van der Waals surface area contributed by atoms with Gasteiger partial charge in [-0.2, -0.15) is 0 Å². The zero-order valence-corrected chi connectivity index (χ0v) is 13.9. The van der Waals surface area contributed by atoms with Crippen LogP contribution in [0.5, 0.6) is 0 Å².